The third-order valence-corrected chi connectivity index (χ3v) is 5.10. The predicted molar refractivity (Wildman–Crippen MR) is 110 cm³/mol. The van der Waals surface area contributed by atoms with Gasteiger partial charge in [0.2, 0.25) is 5.78 Å². The molecule has 0 fully saturated rings. The van der Waals surface area contributed by atoms with E-state index < -0.39 is 0 Å². The van der Waals surface area contributed by atoms with Crippen molar-refractivity contribution < 1.29 is 9.59 Å². The van der Waals surface area contributed by atoms with Crippen LogP contribution in [0.25, 0.3) is 0 Å². The predicted octanol–water partition coefficient (Wildman–Crippen LogP) is 4.91. The number of carbonyl (C=O) groups excluding carboxylic acids is 2. The molecular weight excluding hydrogens is 346 g/mol. The van der Waals surface area contributed by atoms with Crippen molar-refractivity contribution >= 4 is 11.6 Å². The molecule has 138 valence electrons. The Labute approximate surface area is 164 Å². The lowest BCUT2D eigenvalue weighted by Gasteiger charge is -2.25. The van der Waals surface area contributed by atoms with Crippen LogP contribution in [0.1, 0.15) is 44.8 Å². The maximum absolute atomic E-state index is 13.3. The fourth-order valence-corrected chi connectivity index (χ4v) is 3.59. The summed E-state index contributed by atoms with van der Waals surface area (Å²) in [5.41, 5.74) is 3.95. The Kier molecular flexibility index (Phi) is 4.90. The molecule has 0 amide bonds. The molecule has 0 heterocycles. The quantitative estimate of drug-likeness (QED) is 0.697. The van der Waals surface area contributed by atoms with Crippen molar-refractivity contribution in [2.75, 3.05) is 0 Å². The Morgan fingerprint density at radius 2 is 1.25 bits per heavy atom. The molecular formula is C25H21NO2. The molecule has 1 aliphatic carbocycles. The van der Waals surface area contributed by atoms with Gasteiger partial charge in [-0.1, -0.05) is 84.9 Å². The number of fused-ring (bicyclic) bond motifs is 1. The molecule has 3 heteroatoms. The maximum Gasteiger partial charge on any atom is 0.210 e. The van der Waals surface area contributed by atoms with Crippen molar-refractivity contribution in [1.82, 2.24) is 5.32 Å². The first-order valence-corrected chi connectivity index (χ1v) is 9.42. The third kappa shape index (κ3) is 3.39. The molecule has 0 unspecified atom stereocenters. The van der Waals surface area contributed by atoms with Gasteiger partial charge >= 0.3 is 0 Å². The van der Waals surface area contributed by atoms with Gasteiger partial charge in [-0.15, -0.1) is 0 Å². The lowest BCUT2D eigenvalue weighted by molar-refractivity contribution is 0.0965. The smallest absolute Gasteiger partial charge is 0.210 e. The van der Waals surface area contributed by atoms with Gasteiger partial charge in [-0.05, 0) is 18.1 Å². The van der Waals surface area contributed by atoms with Gasteiger partial charge in [0.25, 0.3) is 0 Å². The normalized spacial score (nSPS) is 14.6. The zero-order chi connectivity index (χ0) is 19.5. The monoisotopic (exact) mass is 367 g/mol. The van der Waals surface area contributed by atoms with Crippen LogP contribution in [-0.4, -0.2) is 11.6 Å². The highest BCUT2D eigenvalue weighted by molar-refractivity contribution is 6.26. The summed E-state index contributed by atoms with van der Waals surface area (Å²) in [5, 5.41) is 3.34. The van der Waals surface area contributed by atoms with Crippen molar-refractivity contribution in [3.05, 3.63) is 118 Å². The minimum atomic E-state index is -0.121. The van der Waals surface area contributed by atoms with Crippen LogP contribution in [0.2, 0.25) is 0 Å². The van der Waals surface area contributed by atoms with Crippen LogP contribution < -0.4 is 5.32 Å². The topological polar surface area (TPSA) is 46.2 Å². The summed E-state index contributed by atoms with van der Waals surface area (Å²) >= 11 is 0. The fraction of sp³-hybridized carbons (Fsp3) is 0.120. The molecule has 3 aromatic carbocycles. The van der Waals surface area contributed by atoms with Crippen LogP contribution >= 0.6 is 0 Å². The molecule has 28 heavy (non-hydrogen) atoms. The molecule has 1 atom stereocenters. The molecule has 0 saturated heterocycles. The number of rotatable bonds is 5. The molecule has 0 bridgehead atoms. The summed E-state index contributed by atoms with van der Waals surface area (Å²) in [5.74, 6) is -0.203. The minimum Gasteiger partial charge on any atom is -0.375 e. The first-order chi connectivity index (χ1) is 13.6. The van der Waals surface area contributed by atoms with Crippen LogP contribution in [0.4, 0.5) is 0 Å². The molecule has 4 rings (SSSR count). The molecule has 0 aromatic heterocycles. The standard InChI is InChI=1S/C25H21NO2/c1-17(19-12-6-3-7-13-19)26-23-22(16-18-10-4-2-5-11-18)24(27)20-14-8-9-15-21(20)25(23)28/h2-15,17,26H,16H2,1H3/t17-/m1/s1. The molecule has 0 saturated carbocycles. The zero-order valence-electron chi connectivity index (χ0n) is 15.7. The first kappa shape index (κ1) is 17.9. The summed E-state index contributed by atoms with van der Waals surface area (Å²) in [6.07, 6.45) is 0.420. The Hall–Kier alpha value is -3.46. The van der Waals surface area contributed by atoms with Crippen LogP contribution in [0, 0.1) is 0 Å². The molecule has 1 aliphatic rings. The highest BCUT2D eigenvalue weighted by Gasteiger charge is 2.32. The molecule has 0 aliphatic heterocycles. The van der Waals surface area contributed by atoms with Crippen LogP contribution in [0.5, 0.6) is 0 Å². The summed E-state index contributed by atoms with van der Waals surface area (Å²) in [4.78, 5) is 26.5. The summed E-state index contributed by atoms with van der Waals surface area (Å²) in [7, 11) is 0. The minimum absolute atomic E-state index is 0.0817. The van der Waals surface area contributed by atoms with Gasteiger partial charge < -0.3 is 5.32 Å². The largest absolute Gasteiger partial charge is 0.375 e. The number of ketones is 2. The lowest BCUT2D eigenvalue weighted by atomic mass is 9.84. The Bertz CT molecular complexity index is 1050. The number of nitrogens with one attached hydrogen (secondary N) is 1. The van der Waals surface area contributed by atoms with Gasteiger partial charge in [0.15, 0.2) is 5.78 Å². The number of Topliss-reactive ketones (excluding diaryl/α,β-unsaturated/α-hetero) is 2. The van der Waals surface area contributed by atoms with E-state index in [1.54, 1.807) is 24.3 Å². The van der Waals surface area contributed by atoms with E-state index in [4.69, 9.17) is 0 Å². The number of hydrogen-bond donors (Lipinski definition) is 1. The molecule has 0 spiro atoms. The van der Waals surface area contributed by atoms with Crippen LogP contribution in [0.15, 0.2) is 96.2 Å². The average molecular weight is 367 g/mol. The number of allylic oxidation sites excluding steroid dienone is 2. The van der Waals surface area contributed by atoms with Gasteiger partial charge in [0, 0.05) is 29.2 Å². The van der Waals surface area contributed by atoms with Crippen LogP contribution in [0.3, 0.4) is 0 Å². The van der Waals surface area contributed by atoms with E-state index in [9.17, 15) is 9.59 Å². The third-order valence-electron chi connectivity index (χ3n) is 5.10. The van der Waals surface area contributed by atoms with Gasteiger partial charge in [0.1, 0.15) is 0 Å². The maximum atomic E-state index is 13.3. The average Bonchev–Trinajstić information content (AvgIpc) is 2.75. The van der Waals surface area contributed by atoms with Crippen molar-refractivity contribution in [2.24, 2.45) is 0 Å². The highest BCUT2D eigenvalue weighted by atomic mass is 16.1. The van der Waals surface area contributed by atoms with Crippen molar-refractivity contribution in [1.29, 1.82) is 0 Å². The Morgan fingerprint density at radius 3 is 1.89 bits per heavy atom. The van der Waals surface area contributed by atoms with E-state index in [1.165, 1.54) is 0 Å². The highest BCUT2D eigenvalue weighted by Crippen LogP contribution is 2.29. The SMILES string of the molecule is C[C@@H](NC1=C(Cc2ccccc2)C(=O)c2ccccc2C1=O)c1ccccc1. The van der Waals surface area contributed by atoms with E-state index in [2.05, 4.69) is 5.32 Å². The second kappa shape index (κ2) is 7.65. The van der Waals surface area contributed by atoms with Gasteiger partial charge in [-0.3, -0.25) is 9.59 Å². The summed E-state index contributed by atoms with van der Waals surface area (Å²) in [6, 6.07) is 26.7. The van der Waals surface area contributed by atoms with E-state index >= 15 is 0 Å². The van der Waals surface area contributed by atoms with E-state index in [1.807, 2.05) is 67.6 Å². The summed E-state index contributed by atoms with van der Waals surface area (Å²) < 4.78 is 0. The van der Waals surface area contributed by atoms with Crippen molar-refractivity contribution in [2.45, 2.75) is 19.4 Å². The van der Waals surface area contributed by atoms with Crippen molar-refractivity contribution in [3.63, 3.8) is 0 Å². The number of carbonyl (C=O) groups is 2. The van der Waals surface area contributed by atoms with Crippen molar-refractivity contribution in [3.8, 4) is 0 Å². The first-order valence-electron chi connectivity index (χ1n) is 9.42. The zero-order valence-corrected chi connectivity index (χ0v) is 15.7. The van der Waals surface area contributed by atoms with Gasteiger partial charge in [-0.25, -0.2) is 0 Å². The second-order valence-electron chi connectivity index (χ2n) is 7.00. The molecule has 3 aromatic rings. The molecule has 3 nitrogen and oxygen atoms in total. The van der Waals surface area contributed by atoms with Gasteiger partial charge in [0.05, 0.1) is 5.70 Å². The van der Waals surface area contributed by atoms with E-state index in [-0.39, 0.29) is 17.6 Å². The number of benzene rings is 3. The number of hydrogen-bond acceptors (Lipinski definition) is 3. The lowest BCUT2D eigenvalue weighted by Crippen LogP contribution is -2.32. The van der Waals surface area contributed by atoms with E-state index in [0.717, 1.165) is 11.1 Å². The second-order valence-corrected chi connectivity index (χ2v) is 7.00. The molecule has 1 N–H and O–H groups in total. The molecule has 0 radical (unpaired) electrons. The Morgan fingerprint density at radius 1 is 0.714 bits per heavy atom. The van der Waals surface area contributed by atoms with E-state index in [0.29, 0.717) is 28.8 Å². The van der Waals surface area contributed by atoms with Crippen LogP contribution in [-0.2, 0) is 6.42 Å². The Balaban J connectivity index is 1.77. The fourth-order valence-electron chi connectivity index (χ4n) is 3.59. The summed E-state index contributed by atoms with van der Waals surface area (Å²) in [6.45, 7) is 2.00. The van der Waals surface area contributed by atoms with Gasteiger partial charge in [-0.2, -0.15) is 0 Å².